The fourth-order valence-corrected chi connectivity index (χ4v) is 1.92. The molecule has 0 unspecified atom stereocenters. The van der Waals surface area contributed by atoms with Crippen molar-refractivity contribution >= 4 is 5.91 Å². The average molecular weight is 196 g/mol. The molecule has 1 N–H and O–H groups in total. The molecule has 0 bridgehead atoms. The molecule has 0 aliphatic heterocycles. The summed E-state index contributed by atoms with van der Waals surface area (Å²) in [5.41, 5.74) is -0.708. The van der Waals surface area contributed by atoms with Crippen LogP contribution in [0.5, 0.6) is 0 Å². The first-order chi connectivity index (χ1) is 6.57. The second-order valence-corrected chi connectivity index (χ2v) is 4.02. The molecular formula is C10H16N2O2. The van der Waals surface area contributed by atoms with Crippen molar-refractivity contribution in [3.05, 3.63) is 0 Å². The molecule has 78 valence electrons. The number of nitriles is 1. The van der Waals surface area contributed by atoms with Gasteiger partial charge in [0.05, 0.1) is 11.7 Å². The first-order valence-electron chi connectivity index (χ1n) is 4.91. The lowest BCUT2D eigenvalue weighted by Gasteiger charge is -2.28. The van der Waals surface area contributed by atoms with Crippen LogP contribution < -0.4 is 0 Å². The molecule has 0 heterocycles. The van der Waals surface area contributed by atoms with Crippen LogP contribution in [0.1, 0.15) is 32.1 Å². The van der Waals surface area contributed by atoms with Gasteiger partial charge in [-0.25, -0.2) is 0 Å². The van der Waals surface area contributed by atoms with E-state index in [0.29, 0.717) is 6.54 Å². The molecule has 1 amide bonds. The fraction of sp³-hybridized carbons (Fsp3) is 0.800. The highest BCUT2D eigenvalue weighted by atomic mass is 16.3. The molecule has 0 aromatic heterocycles. The minimum atomic E-state index is -0.708. The number of likely N-dealkylation sites (N-methyl/N-ethyl adjacent to an activating group) is 1. The van der Waals surface area contributed by atoms with Crippen molar-refractivity contribution in [2.24, 2.45) is 0 Å². The maximum atomic E-state index is 11.3. The summed E-state index contributed by atoms with van der Waals surface area (Å²) in [5, 5.41) is 18.4. The Balaban J connectivity index is 2.43. The van der Waals surface area contributed by atoms with E-state index in [2.05, 4.69) is 0 Å². The van der Waals surface area contributed by atoms with E-state index in [1.54, 1.807) is 7.05 Å². The van der Waals surface area contributed by atoms with Gasteiger partial charge in [-0.05, 0) is 12.8 Å². The second-order valence-electron chi connectivity index (χ2n) is 4.02. The third kappa shape index (κ3) is 2.71. The Morgan fingerprint density at radius 2 is 2.14 bits per heavy atom. The lowest BCUT2D eigenvalue weighted by Crippen LogP contribution is -2.41. The Kier molecular flexibility index (Phi) is 3.48. The molecule has 1 saturated carbocycles. The molecule has 0 aromatic rings. The van der Waals surface area contributed by atoms with Crippen LogP contribution in [0.15, 0.2) is 0 Å². The highest BCUT2D eigenvalue weighted by Crippen LogP contribution is 2.29. The zero-order valence-electron chi connectivity index (χ0n) is 8.49. The Labute approximate surface area is 84.1 Å². The number of carbonyl (C=O) groups is 1. The Morgan fingerprint density at radius 3 is 2.64 bits per heavy atom. The van der Waals surface area contributed by atoms with E-state index < -0.39 is 5.60 Å². The largest absolute Gasteiger partial charge is 0.388 e. The quantitative estimate of drug-likeness (QED) is 0.721. The van der Waals surface area contributed by atoms with Gasteiger partial charge in [-0.1, -0.05) is 12.8 Å². The van der Waals surface area contributed by atoms with Gasteiger partial charge in [-0.2, -0.15) is 5.26 Å². The van der Waals surface area contributed by atoms with Crippen molar-refractivity contribution in [3.63, 3.8) is 0 Å². The molecule has 1 fully saturated rings. The number of hydrogen-bond donors (Lipinski definition) is 1. The first-order valence-corrected chi connectivity index (χ1v) is 4.91. The molecular weight excluding hydrogens is 180 g/mol. The third-order valence-corrected chi connectivity index (χ3v) is 2.72. The average Bonchev–Trinajstić information content (AvgIpc) is 2.52. The topological polar surface area (TPSA) is 64.3 Å². The molecule has 0 radical (unpaired) electrons. The number of rotatable bonds is 3. The minimum Gasteiger partial charge on any atom is -0.388 e. The summed E-state index contributed by atoms with van der Waals surface area (Å²) in [5.74, 6) is -0.215. The van der Waals surface area contributed by atoms with E-state index in [9.17, 15) is 9.90 Å². The zero-order valence-corrected chi connectivity index (χ0v) is 8.49. The molecule has 4 heteroatoms. The maximum absolute atomic E-state index is 11.3. The summed E-state index contributed by atoms with van der Waals surface area (Å²) < 4.78 is 0. The highest BCUT2D eigenvalue weighted by Gasteiger charge is 2.33. The van der Waals surface area contributed by atoms with Crippen molar-refractivity contribution in [3.8, 4) is 6.07 Å². The predicted octanol–water partition coefficient (Wildman–Crippen LogP) is 0.664. The van der Waals surface area contributed by atoms with Crippen molar-refractivity contribution < 1.29 is 9.90 Å². The molecule has 0 spiro atoms. The van der Waals surface area contributed by atoms with Gasteiger partial charge in [0.1, 0.15) is 6.42 Å². The third-order valence-electron chi connectivity index (χ3n) is 2.72. The number of carbonyl (C=O) groups excluding carboxylic acids is 1. The molecule has 0 aromatic carbocycles. The number of nitrogens with zero attached hydrogens (tertiary/aromatic N) is 2. The summed E-state index contributed by atoms with van der Waals surface area (Å²) in [4.78, 5) is 12.7. The highest BCUT2D eigenvalue weighted by molar-refractivity contribution is 5.78. The number of hydrogen-bond acceptors (Lipinski definition) is 3. The summed E-state index contributed by atoms with van der Waals surface area (Å²) in [7, 11) is 1.63. The smallest absolute Gasteiger partial charge is 0.236 e. The van der Waals surface area contributed by atoms with Crippen LogP contribution in [-0.4, -0.2) is 35.1 Å². The first kappa shape index (κ1) is 11.0. The van der Waals surface area contributed by atoms with E-state index >= 15 is 0 Å². The predicted molar refractivity (Wildman–Crippen MR) is 51.3 cm³/mol. The number of aliphatic hydroxyl groups is 1. The molecule has 1 rings (SSSR count). The van der Waals surface area contributed by atoms with Crippen molar-refractivity contribution in [2.45, 2.75) is 37.7 Å². The summed E-state index contributed by atoms with van der Waals surface area (Å²) in [6.07, 6.45) is 3.47. The van der Waals surface area contributed by atoms with Gasteiger partial charge in [0.2, 0.25) is 5.91 Å². The molecule has 4 nitrogen and oxygen atoms in total. The summed E-state index contributed by atoms with van der Waals surface area (Å²) >= 11 is 0. The fourth-order valence-electron chi connectivity index (χ4n) is 1.92. The van der Waals surface area contributed by atoms with Gasteiger partial charge in [0.25, 0.3) is 0 Å². The lowest BCUT2D eigenvalue weighted by atomic mass is 10.0. The minimum absolute atomic E-state index is 0.105. The Hall–Kier alpha value is -1.08. The van der Waals surface area contributed by atoms with E-state index in [4.69, 9.17) is 5.26 Å². The SMILES string of the molecule is CN(CC1(O)CCCC1)C(=O)CC#N. The maximum Gasteiger partial charge on any atom is 0.236 e. The summed E-state index contributed by atoms with van der Waals surface area (Å²) in [6.45, 7) is 0.355. The van der Waals surface area contributed by atoms with Crippen LogP contribution in [0.4, 0.5) is 0 Å². The Bertz CT molecular complexity index is 251. The van der Waals surface area contributed by atoms with Crippen LogP contribution in [0.2, 0.25) is 0 Å². The van der Waals surface area contributed by atoms with Gasteiger partial charge < -0.3 is 10.0 Å². The van der Waals surface area contributed by atoms with Crippen molar-refractivity contribution in [1.82, 2.24) is 4.90 Å². The van der Waals surface area contributed by atoms with Gasteiger partial charge in [-0.15, -0.1) is 0 Å². The van der Waals surface area contributed by atoms with E-state index in [-0.39, 0.29) is 12.3 Å². The standard InChI is InChI=1S/C10H16N2O2/c1-12(9(13)4-7-11)8-10(14)5-2-3-6-10/h14H,2-6,8H2,1H3. The second kappa shape index (κ2) is 4.43. The van der Waals surface area contributed by atoms with Crippen LogP contribution in [0.3, 0.4) is 0 Å². The zero-order chi connectivity index (χ0) is 10.6. The van der Waals surface area contributed by atoms with Gasteiger partial charge in [-0.3, -0.25) is 4.79 Å². The van der Waals surface area contributed by atoms with Crippen LogP contribution in [-0.2, 0) is 4.79 Å². The number of amides is 1. The van der Waals surface area contributed by atoms with Gasteiger partial charge in [0.15, 0.2) is 0 Å². The molecule has 0 atom stereocenters. The van der Waals surface area contributed by atoms with E-state index in [0.717, 1.165) is 25.7 Å². The summed E-state index contributed by atoms with van der Waals surface area (Å²) in [6, 6.07) is 1.81. The van der Waals surface area contributed by atoms with E-state index in [1.165, 1.54) is 4.90 Å². The monoisotopic (exact) mass is 196 g/mol. The normalized spacial score (nSPS) is 18.9. The molecule has 1 aliphatic rings. The van der Waals surface area contributed by atoms with E-state index in [1.807, 2.05) is 6.07 Å². The van der Waals surface area contributed by atoms with Gasteiger partial charge in [0, 0.05) is 13.6 Å². The van der Waals surface area contributed by atoms with Gasteiger partial charge >= 0.3 is 0 Å². The van der Waals surface area contributed by atoms with Crippen molar-refractivity contribution in [2.75, 3.05) is 13.6 Å². The molecule has 14 heavy (non-hydrogen) atoms. The Morgan fingerprint density at radius 1 is 1.57 bits per heavy atom. The molecule has 1 aliphatic carbocycles. The van der Waals surface area contributed by atoms with Crippen molar-refractivity contribution in [1.29, 1.82) is 5.26 Å². The van der Waals surface area contributed by atoms with Crippen LogP contribution >= 0.6 is 0 Å². The lowest BCUT2D eigenvalue weighted by molar-refractivity contribution is -0.132. The van der Waals surface area contributed by atoms with Crippen LogP contribution in [0, 0.1) is 11.3 Å². The molecule has 0 saturated heterocycles. The van der Waals surface area contributed by atoms with Crippen LogP contribution in [0.25, 0.3) is 0 Å².